The van der Waals surface area contributed by atoms with E-state index in [9.17, 15) is 9.59 Å². The average Bonchev–Trinajstić information content (AvgIpc) is 3.56. The second-order valence-corrected chi connectivity index (χ2v) is 11.7. The molecule has 5 rings (SSSR count). The number of rotatable bonds is 10. The molecule has 6 nitrogen and oxygen atoms in total. The van der Waals surface area contributed by atoms with E-state index in [1.807, 2.05) is 72.8 Å². The lowest BCUT2D eigenvalue weighted by Gasteiger charge is -2.23. The van der Waals surface area contributed by atoms with Crippen LogP contribution in [-0.4, -0.2) is 41.9 Å². The molecule has 0 aliphatic carbocycles. The third-order valence-corrected chi connectivity index (χ3v) is 8.02. The van der Waals surface area contributed by atoms with Gasteiger partial charge in [-0.15, -0.1) is 11.3 Å². The predicted molar refractivity (Wildman–Crippen MR) is 157 cm³/mol. The zero-order chi connectivity index (χ0) is 27.2. The summed E-state index contributed by atoms with van der Waals surface area (Å²) in [7, 11) is 0. The zero-order valence-electron chi connectivity index (χ0n) is 22.4. The van der Waals surface area contributed by atoms with Crippen molar-refractivity contribution in [2.24, 2.45) is 5.92 Å². The molecule has 4 aromatic rings. The van der Waals surface area contributed by atoms with Crippen LogP contribution < -0.4 is 15.4 Å². The highest BCUT2D eigenvalue weighted by Crippen LogP contribution is 2.26. The Labute approximate surface area is 234 Å². The fourth-order valence-corrected chi connectivity index (χ4v) is 5.93. The highest BCUT2D eigenvalue weighted by molar-refractivity contribution is 7.20. The number of carbonyl (C=O) groups is 2. The topological polar surface area (TPSA) is 70.7 Å². The van der Waals surface area contributed by atoms with Gasteiger partial charge in [-0.1, -0.05) is 62.4 Å². The summed E-state index contributed by atoms with van der Waals surface area (Å²) in [6, 6.07) is 27.3. The first kappa shape index (κ1) is 26.9. The molecule has 3 aromatic carbocycles. The zero-order valence-corrected chi connectivity index (χ0v) is 23.2. The van der Waals surface area contributed by atoms with Crippen molar-refractivity contribution < 1.29 is 14.3 Å². The SMILES string of the molecule is CC(C)C[C@H](NC(=O)c1cc2ccccc2s1)C(=O)N[C@H]1CCN(Cc2ccc(Oc3ccccc3)cc2)C1. The van der Waals surface area contributed by atoms with Crippen LogP contribution in [0.25, 0.3) is 10.1 Å². The molecule has 202 valence electrons. The van der Waals surface area contributed by atoms with Crippen molar-refractivity contribution in [1.29, 1.82) is 0 Å². The number of nitrogens with one attached hydrogen (secondary N) is 2. The average molecular weight is 542 g/mol. The Balaban J connectivity index is 1.13. The smallest absolute Gasteiger partial charge is 0.262 e. The number of thiophene rings is 1. The van der Waals surface area contributed by atoms with Gasteiger partial charge >= 0.3 is 0 Å². The molecule has 0 radical (unpaired) electrons. The number of ether oxygens (including phenoxy) is 1. The van der Waals surface area contributed by atoms with Crippen molar-refractivity contribution in [1.82, 2.24) is 15.5 Å². The molecular formula is C32H35N3O3S. The maximum Gasteiger partial charge on any atom is 0.262 e. The fourth-order valence-electron chi connectivity index (χ4n) is 4.97. The number of hydrogen-bond acceptors (Lipinski definition) is 5. The second kappa shape index (κ2) is 12.5. The van der Waals surface area contributed by atoms with Crippen LogP contribution in [0.5, 0.6) is 11.5 Å². The van der Waals surface area contributed by atoms with Crippen molar-refractivity contribution in [3.8, 4) is 11.5 Å². The van der Waals surface area contributed by atoms with Crippen molar-refractivity contribution in [2.45, 2.75) is 45.3 Å². The van der Waals surface area contributed by atoms with Crippen LogP contribution in [0.4, 0.5) is 0 Å². The third kappa shape index (κ3) is 7.25. The molecule has 1 saturated heterocycles. The molecule has 2 atom stereocenters. The normalized spacial score (nSPS) is 16.3. The van der Waals surface area contributed by atoms with E-state index in [0.717, 1.165) is 47.6 Å². The standard InChI is InChI=1S/C32H35N3O3S/c1-22(2)18-28(34-32(37)30-19-24-8-6-7-11-29(24)39-30)31(36)33-25-16-17-35(21-25)20-23-12-14-27(15-13-23)38-26-9-4-3-5-10-26/h3-15,19,22,25,28H,16-18,20-21H2,1-2H3,(H,33,36)(H,34,37)/t25-,28-/m0/s1. The van der Waals surface area contributed by atoms with Crippen molar-refractivity contribution >= 4 is 33.2 Å². The summed E-state index contributed by atoms with van der Waals surface area (Å²) >= 11 is 1.45. The van der Waals surface area contributed by atoms with Crippen LogP contribution >= 0.6 is 11.3 Å². The monoisotopic (exact) mass is 541 g/mol. The van der Waals surface area contributed by atoms with Crippen molar-refractivity contribution in [2.75, 3.05) is 13.1 Å². The summed E-state index contributed by atoms with van der Waals surface area (Å²) in [5.74, 6) is 1.61. The first-order chi connectivity index (χ1) is 18.9. The van der Waals surface area contributed by atoms with E-state index in [2.05, 4.69) is 41.5 Å². The van der Waals surface area contributed by atoms with E-state index in [4.69, 9.17) is 4.74 Å². The molecule has 7 heteroatoms. The molecule has 0 spiro atoms. The number of para-hydroxylation sites is 1. The minimum Gasteiger partial charge on any atom is -0.457 e. The summed E-state index contributed by atoms with van der Waals surface area (Å²) < 4.78 is 6.96. The number of fused-ring (bicyclic) bond motifs is 1. The minimum absolute atomic E-state index is 0.0640. The number of likely N-dealkylation sites (tertiary alicyclic amines) is 1. The second-order valence-electron chi connectivity index (χ2n) is 10.6. The highest BCUT2D eigenvalue weighted by atomic mass is 32.1. The third-order valence-electron chi connectivity index (χ3n) is 6.91. The Bertz CT molecular complexity index is 1370. The molecule has 1 fully saturated rings. The van der Waals surface area contributed by atoms with Gasteiger partial charge in [0.2, 0.25) is 5.91 Å². The molecule has 1 aromatic heterocycles. The quantitative estimate of drug-likeness (QED) is 0.250. The van der Waals surface area contributed by atoms with Crippen LogP contribution in [0.2, 0.25) is 0 Å². The summed E-state index contributed by atoms with van der Waals surface area (Å²) in [5.41, 5.74) is 1.20. The van der Waals surface area contributed by atoms with Gasteiger partial charge < -0.3 is 15.4 Å². The lowest BCUT2D eigenvalue weighted by molar-refractivity contribution is -0.124. The molecule has 2 amide bonds. The molecule has 0 unspecified atom stereocenters. The van der Waals surface area contributed by atoms with E-state index in [0.29, 0.717) is 11.3 Å². The Hall–Kier alpha value is -3.68. The first-order valence-electron chi connectivity index (χ1n) is 13.6. The lowest BCUT2D eigenvalue weighted by atomic mass is 10.0. The van der Waals surface area contributed by atoms with E-state index in [-0.39, 0.29) is 23.8 Å². The van der Waals surface area contributed by atoms with Crippen LogP contribution in [0, 0.1) is 5.92 Å². The van der Waals surface area contributed by atoms with Gasteiger partial charge in [0, 0.05) is 30.4 Å². The van der Waals surface area contributed by atoms with Gasteiger partial charge in [-0.2, -0.15) is 0 Å². The van der Waals surface area contributed by atoms with E-state index >= 15 is 0 Å². The Morgan fingerprint density at radius 2 is 1.69 bits per heavy atom. The molecular weight excluding hydrogens is 506 g/mol. The number of amides is 2. The largest absolute Gasteiger partial charge is 0.457 e. The summed E-state index contributed by atoms with van der Waals surface area (Å²) in [6.45, 7) is 6.65. The van der Waals surface area contributed by atoms with Crippen molar-refractivity contribution in [3.05, 3.63) is 95.4 Å². The molecule has 0 saturated carbocycles. The van der Waals surface area contributed by atoms with Gasteiger partial charge in [0.05, 0.1) is 4.88 Å². The number of benzene rings is 3. The van der Waals surface area contributed by atoms with E-state index < -0.39 is 6.04 Å². The Morgan fingerprint density at radius 1 is 0.974 bits per heavy atom. The minimum atomic E-state index is -0.561. The summed E-state index contributed by atoms with van der Waals surface area (Å²) in [5, 5.41) is 7.26. The maximum atomic E-state index is 13.3. The van der Waals surface area contributed by atoms with Gasteiger partial charge in [0.25, 0.3) is 5.91 Å². The van der Waals surface area contributed by atoms with Gasteiger partial charge in [-0.25, -0.2) is 0 Å². The first-order valence-corrected chi connectivity index (χ1v) is 14.4. The molecule has 1 aliphatic heterocycles. The Kier molecular flexibility index (Phi) is 8.59. The van der Waals surface area contributed by atoms with Crippen LogP contribution in [0.1, 0.15) is 41.9 Å². The predicted octanol–water partition coefficient (Wildman–Crippen LogP) is 6.23. The summed E-state index contributed by atoms with van der Waals surface area (Å²) in [4.78, 5) is 29.3. The molecule has 0 bridgehead atoms. The molecule has 2 N–H and O–H groups in total. The summed E-state index contributed by atoms with van der Waals surface area (Å²) in [6.07, 6.45) is 1.48. The Morgan fingerprint density at radius 3 is 2.44 bits per heavy atom. The molecule has 1 aliphatic rings. The van der Waals surface area contributed by atoms with Gasteiger partial charge in [0.15, 0.2) is 0 Å². The molecule has 2 heterocycles. The van der Waals surface area contributed by atoms with Crippen LogP contribution in [0.3, 0.4) is 0 Å². The van der Waals surface area contributed by atoms with Gasteiger partial charge in [-0.05, 0) is 66.1 Å². The van der Waals surface area contributed by atoms with Crippen LogP contribution in [-0.2, 0) is 11.3 Å². The molecule has 39 heavy (non-hydrogen) atoms. The lowest BCUT2D eigenvalue weighted by Crippen LogP contribution is -2.50. The van der Waals surface area contributed by atoms with Crippen molar-refractivity contribution in [3.63, 3.8) is 0 Å². The number of hydrogen-bond donors (Lipinski definition) is 2. The number of carbonyl (C=O) groups excluding carboxylic acids is 2. The van der Waals surface area contributed by atoms with E-state index in [1.165, 1.54) is 16.9 Å². The fraction of sp³-hybridized carbons (Fsp3) is 0.312. The van der Waals surface area contributed by atoms with E-state index in [1.54, 1.807) is 0 Å². The highest BCUT2D eigenvalue weighted by Gasteiger charge is 2.29. The number of nitrogens with zero attached hydrogens (tertiary/aromatic N) is 1. The van der Waals surface area contributed by atoms with Gasteiger partial charge in [0.1, 0.15) is 17.5 Å². The van der Waals surface area contributed by atoms with Gasteiger partial charge in [-0.3, -0.25) is 14.5 Å². The van der Waals surface area contributed by atoms with Crippen LogP contribution in [0.15, 0.2) is 84.9 Å². The maximum absolute atomic E-state index is 13.3.